The van der Waals surface area contributed by atoms with Gasteiger partial charge in [-0.05, 0) is 50.9 Å². The summed E-state index contributed by atoms with van der Waals surface area (Å²) in [5, 5.41) is 0. The van der Waals surface area contributed by atoms with Crippen LogP contribution in [-0.4, -0.2) is 105 Å². The highest BCUT2D eigenvalue weighted by molar-refractivity contribution is 6.99. The fraction of sp³-hybridized carbons (Fsp3) is 0.667. The van der Waals surface area contributed by atoms with Gasteiger partial charge < -0.3 is 28.7 Å². The van der Waals surface area contributed by atoms with E-state index in [0.717, 1.165) is 97.9 Å². The van der Waals surface area contributed by atoms with Crippen molar-refractivity contribution in [1.29, 1.82) is 0 Å². The highest BCUT2D eigenvalue weighted by atomic mass is 32.1. The molecule has 4 heterocycles. The lowest BCUT2D eigenvalue weighted by Gasteiger charge is -2.22. The van der Waals surface area contributed by atoms with Crippen molar-refractivity contribution in [2.24, 2.45) is 0 Å². The minimum atomic E-state index is -0.990. The lowest BCUT2D eigenvalue weighted by Crippen LogP contribution is -2.31. The molecule has 0 aromatic carbocycles. The first-order valence-electron chi connectivity index (χ1n) is 15.5. The van der Waals surface area contributed by atoms with Gasteiger partial charge in [-0.15, -0.1) is 8.75 Å². The van der Waals surface area contributed by atoms with E-state index in [1.807, 2.05) is 13.8 Å². The number of esters is 2. The molecule has 0 N–H and O–H groups in total. The number of nitrogens with zero attached hydrogens (tertiary/aromatic N) is 6. The first-order chi connectivity index (χ1) is 21.4. The molecule has 0 spiro atoms. The van der Waals surface area contributed by atoms with Crippen LogP contribution in [0.1, 0.15) is 76.6 Å². The normalized spacial score (nSPS) is 17.4. The molecule has 0 aliphatic carbocycles. The maximum Gasteiger partial charge on any atom is 0.417 e. The number of hydrogen-bond acceptors (Lipinski definition) is 14. The Balaban J connectivity index is 1.23. The number of carbonyl (C=O) groups excluding carboxylic acids is 2. The zero-order valence-corrected chi connectivity index (χ0v) is 27.8. The van der Waals surface area contributed by atoms with E-state index < -0.39 is 24.1 Å². The highest BCUT2D eigenvalue weighted by Crippen LogP contribution is 2.28. The van der Waals surface area contributed by atoms with Crippen LogP contribution in [0.3, 0.4) is 0 Å². The number of likely N-dealkylation sites (N-methyl/N-ethyl adjacent to an activating group) is 2. The molecule has 44 heavy (non-hydrogen) atoms. The molecule has 2 aromatic rings. The number of aromatic nitrogens is 4. The SMILES string of the molecule is CCCC(CCOc1nsnc1C1=CCCN(C)C1)OC(=O)C(=O)OC(CCC)CCOc1nsnc1C1=CCCN(C)C1. The topological polar surface area (TPSA) is 129 Å². The third kappa shape index (κ3) is 10.0. The Bertz CT molecular complexity index is 1180. The smallest absolute Gasteiger partial charge is 0.417 e. The van der Waals surface area contributed by atoms with Gasteiger partial charge in [0.05, 0.1) is 36.7 Å². The average Bonchev–Trinajstić information content (AvgIpc) is 3.67. The summed E-state index contributed by atoms with van der Waals surface area (Å²) in [4.78, 5) is 29.9. The summed E-state index contributed by atoms with van der Waals surface area (Å²) in [6.07, 6.45) is 8.92. The van der Waals surface area contributed by atoms with E-state index in [1.165, 1.54) is 0 Å². The zero-order chi connectivity index (χ0) is 31.3. The molecule has 2 aliphatic rings. The van der Waals surface area contributed by atoms with Crippen molar-refractivity contribution >= 4 is 46.5 Å². The van der Waals surface area contributed by atoms with Gasteiger partial charge in [0.1, 0.15) is 23.6 Å². The number of hydrogen-bond donors (Lipinski definition) is 0. The van der Waals surface area contributed by atoms with Gasteiger partial charge in [0.15, 0.2) is 0 Å². The van der Waals surface area contributed by atoms with Crippen molar-refractivity contribution in [3.8, 4) is 11.8 Å². The van der Waals surface area contributed by atoms with Gasteiger partial charge in [0, 0.05) is 39.0 Å². The molecule has 14 heteroatoms. The second kappa shape index (κ2) is 17.5. The summed E-state index contributed by atoms with van der Waals surface area (Å²) in [5.74, 6) is -0.997. The van der Waals surface area contributed by atoms with Crippen LogP contribution in [0.5, 0.6) is 11.8 Å². The second-order valence-electron chi connectivity index (χ2n) is 11.3. The van der Waals surface area contributed by atoms with E-state index in [9.17, 15) is 9.59 Å². The molecule has 0 amide bonds. The molecular formula is C30H44N6O6S2. The number of ether oxygens (including phenoxy) is 4. The van der Waals surface area contributed by atoms with Crippen LogP contribution in [0.2, 0.25) is 0 Å². The van der Waals surface area contributed by atoms with Crippen molar-refractivity contribution in [3.05, 3.63) is 23.5 Å². The molecule has 4 rings (SSSR count). The van der Waals surface area contributed by atoms with E-state index in [-0.39, 0.29) is 13.2 Å². The van der Waals surface area contributed by atoms with E-state index in [4.69, 9.17) is 18.9 Å². The summed E-state index contributed by atoms with van der Waals surface area (Å²) in [5.41, 5.74) is 3.74. The molecular weight excluding hydrogens is 605 g/mol. The lowest BCUT2D eigenvalue weighted by molar-refractivity contribution is -0.175. The van der Waals surface area contributed by atoms with Crippen molar-refractivity contribution in [1.82, 2.24) is 27.3 Å². The monoisotopic (exact) mass is 648 g/mol. The summed E-state index contributed by atoms with van der Waals surface area (Å²) >= 11 is 2.23. The van der Waals surface area contributed by atoms with Crippen molar-refractivity contribution in [2.45, 2.75) is 77.4 Å². The van der Waals surface area contributed by atoms with Gasteiger partial charge in [-0.1, -0.05) is 38.8 Å². The van der Waals surface area contributed by atoms with Gasteiger partial charge in [0.2, 0.25) is 0 Å². The Morgan fingerprint density at radius 2 is 1.16 bits per heavy atom. The standard InChI is InChI=1S/C30H44N6O6S2/c1-5-9-23(13-17-39-27-25(31-43-33-27)21-11-7-15-35(3)19-21)41-29(37)30(38)42-24(10-6-2)14-18-40-28-26(32-44-34-28)22-12-8-16-36(4)20-22/h11-12,23-24H,5-10,13-20H2,1-4H3. The molecule has 2 unspecified atom stereocenters. The van der Waals surface area contributed by atoms with Gasteiger partial charge in [0.25, 0.3) is 11.8 Å². The van der Waals surface area contributed by atoms with Crippen LogP contribution in [0.15, 0.2) is 12.2 Å². The maximum absolute atomic E-state index is 12.7. The fourth-order valence-electron chi connectivity index (χ4n) is 5.21. The number of rotatable bonds is 16. The van der Waals surface area contributed by atoms with E-state index in [0.29, 0.717) is 37.4 Å². The van der Waals surface area contributed by atoms with Crippen molar-refractivity contribution < 1.29 is 28.5 Å². The fourth-order valence-corrected chi connectivity index (χ4v) is 6.28. The first kappa shape index (κ1) is 33.9. The maximum atomic E-state index is 12.7. The van der Waals surface area contributed by atoms with Gasteiger partial charge in [-0.2, -0.15) is 8.75 Å². The molecule has 2 aromatic heterocycles. The minimum Gasteiger partial charge on any atom is -0.475 e. The Hall–Kier alpha value is -2.94. The number of carbonyl (C=O) groups is 2. The second-order valence-corrected chi connectivity index (χ2v) is 12.3. The summed E-state index contributed by atoms with van der Waals surface area (Å²) in [7, 11) is 4.15. The van der Waals surface area contributed by atoms with E-state index in [2.05, 4.69) is 53.5 Å². The lowest BCUT2D eigenvalue weighted by atomic mass is 10.1. The molecule has 0 saturated carbocycles. The predicted molar refractivity (Wildman–Crippen MR) is 170 cm³/mol. The van der Waals surface area contributed by atoms with Gasteiger partial charge >= 0.3 is 11.9 Å². The van der Waals surface area contributed by atoms with Crippen LogP contribution in [0.25, 0.3) is 11.1 Å². The molecule has 0 bridgehead atoms. The van der Waals surface area contributed by atoms with Crippen LogP contribution < -0.4 is 9.47 Å². The molecule has 0 fully saturated rings. The van der Waals surface area contributed by atoms with Crippen molar-refractivity contribution in [3.63, 3.8) is 0 Å². The Morgan fingerprint density at radius 1 is 0.727 bits per heavy atom. The molecule has 242 valence electrons. The molecule has 0 radical (unpaired) electrons. The van der Waals surface area contributed by atoms with Crippen LogP contribution in [0, 0.1) is 0 Å². The van der Waals surface area contributed by atoms with Crippen LogP contribution >= 0.6 is 23.5 Å². The summed E-state index contributed by atoms with van der Waals surface area (Å²) in [6, 6.07) is 0. The third-order valence-electron chi connectivity index (χ3n) is 7.50. The molecule has 12 nitrogen and oxygen atoms in total. The first-order valence-corrected chi connectivity index (χ1v) is 16.9. The predicted octanol–water partition coefficient (Wildman–Crippen LogP) is 4.49. The Kier molecular flexibility index (Phi) is 13.5. The van der Waals surface area contributed by atoms with Crippen LogP contribution in [0.4, 0.5) is 0 Å². The third-order valence-corrected chi connectivity index (χ3v) is 8.52. The molecule has 2 aliphatic heterocycles. The Labute approximate surface area is 268 Å². The van der Waals surface area contributed by atoms with E-state index >= 15 is 0 Å². The quantitative estimate of drug-likeness (QED) is 0.188. The Morgan fingerprint density at radius 3 is 1.55 bits per heavy atom. The van der Waals surface area contributed by atoms with Gasteiger partial charge in [-0.3, -0.25) is 0 Å². The zero-order valence-electron chi connectivity index (χ0n) is 26.2. The average molecular weight is 649 g/mol. The van der Waals surface area contributed by atoms with Gasteiger partial charge in [-0.25, -0.2) is 9.59 Å². The van der Waals surface area contributed by atoms with Crippen LogP contribution in [-0.2, 0) is 19.1 Å². The van der Waals surface area contributed by atoms with Crippen molar-refractivity contribution in [2.75, 3.05) is 53.5 Å². The molecule has 2 atom stereocenters. The van der Waals surface area contributed by atoms with E-state index in [1.54, 1.807) is 0 Å². The summed E-state index contributed by atoms with van der Waals surface area (Å²) in [6.45, 7) is 8.18. The minimum absolute atomic E-state index is 0.283. The summed E-state index contributed by atoms with van der Waals surface area (Å²) < 4.78 is 40.5. The molecule has 0 saturated heterocycles. The highest BCUT2D eigenvalue weighted by Gasteiger charge is 2.26. The largest absolute Gasteiger partial charge is 0.475 e.